The molecule has 0 aliphatic heterocycles. The molecule has 2 heteroatoms. The number of hydrogen-bond acceptors (Lipinski definition) is 0. The van der Waals surface area contributed by atoms with Crippen LogP contribution in [0.25, 0.3) is 0 Å². The van der Waals surface area contributed by atoms with Gasteiger partial charge in [0, 0.05) is 0 Å². The highest BCUT2D eigenvalue weighted by Gasteiger charge is 1.95. The van der Waals surface area contributed by atoms with Gasteiger partial charge in [-0.1, -0.05) is 12.8 Å². The maximum absolute atomic E-state index is 2.38. The molecule has 0 saturated heterocycles. The standard InChI is InChI=1S/C10H24P2/c1-11(2)9-7-5-6-8-10-12(3)4/h5-10H2,1-4H3. The zero-order valence-electron chi connectivity index (χ0n) is 9.14. The molecule has 0 unspecified atom stereocenters. The second kappa shape index (κ2) is 8.46. The number of rotatable bonds is 7. The molecule has 0 rings (SSSR count). The lowest BCUT2D eigenvalue weighted by molar-refractivity contribution is 0.708. The van der Waals surface area contributed by atoms with Crippen LogP contribution in [-0.2, 0) is 0 Å². The van der Waals surface area contributed by atoms with Crippen LogP contribution in [0.5, 0.6) is 0 Å². The third-order valence-corrected chi connectivity index (χ3v) is 4.38. The van der Waals surface area contributed by atoms with Gasteiger partial charge in [0.05, 0.1) is 0 Å². The third-order valence-electron chi connectivity index (χ3n) is 1.96. The van der Waals surface area contributed by atoms with E-state index in [2.05, 4.69) is 26.7 Å². The van der Waals surface area contributed by atoms with Crippen molar-refractivity contribution in [2.75, 3.05) is 39.0 Å². The molecule has 0 nitrogen and oxygen atoms in total. The van der Waals surface area contributed by atoms with E-state index in [0.29, 0.717) is 15.8 Å². The zero-order chi connectivity index (χ0) is 9.40. The minimum absolute atomic E-state index is 0.370. The molecule has 0 saturated carbocycles. The summed E-state index contributed by atoms with van der Waals surface area (Å²) >= 11 is 0. The molecule has 0 amide bonds. The summed E-state index contributed by atoms with van der Waals surface area (Å²) in [7, 11) is 0.741. The summed E-state index contributed by atoms with van der Waals surface area (Å²) in [5, 5.41) is 0. The van der Waals surface area contributed by atoms with Gasteiger partial charge >= 0.3 is 0 Å². The van der Waals surface area contributed by atoms with E-state index < -0.39 is 0 Å². The Morgan fingerprint density at radius 3 is 1.17 bits per heavy atom. The highest BCUT2D eigenvalue weighted by Crippen LogP contribution is 2.28. The van der Waals surface area contributed by atoms with Crippen LogP contribution >= 0.6 is 15.8 Å². The Balaban J connectivity index is 2.91. The van der Waals surface area contributed by atoms with E-state index in [1.54, 1.807) is 0 Å². The molecule has 74 valence electrons. The molecule has 0 aliphatic rings. The van der Waals surface area contributed by atoms with E-state index >= 15 is 0 Å². The van der Waals surface area contributed by atoms with Gasteiger partial charge in [0.2, 0.25) is 0 Å². The van der Waals surface area contributed by atoms with Gasteiger partial charge in [-0.15, -0.1) is 15.8 Å². The summed E-state index contributed by atoms with van der Waals surface area (Å²) in [5.41, 5.74) is 0. The molecule has 12 heavy (non-hydrogen) atoms. The maximum Gasteiger partial charge on any atom is -0.0331 e. The second-order valence-corrected chi connectivity index (χ2v) is 9.23. The first-order chi connectivity index (χ1) is 5.63. The quantitative estimate of drug-likeness (QED) is 0.436. The lowest BCUT2D eigenvalue weighted by Crippen LogP contribution is -1.86. The largest absolute Gasteiger partial charge is 0.113 e. The van der Waals surface area contributed by atoms with Crippen molar-refractivity contribution in [1.29, 1.82) is 0 Å². The van der Waals surface area contributed by atoms with Crippen LogP contribution in [0.15, 0.2) is 0 Å². The van der Waals surface area contributed by atoms with Crippen molar-refractivity contribution in [1.82, 2.24) is 0 Å². The zero-order valence-corrected chi connectivity index (χ0v) is 10.9. The van der Waals surface area contributed by atoms with Crippen LogP contribution in [0.2, 0.25) is 0 Å². The third kappa shape index (κ3) is 10.9. The molecule has 0 aromatic carbocycles. The fourth-order valence-electron chi connectivity index (χ4n) is 1.21. The first-order valence-electron chi connectivity index (χ1n) is 4.92. The van der Waals surface area contributed by atoms with E-state index in [1.165, 1.54) is 38.0 Å². The van der Waals surface area contributed by atoms with Crippen molar-refractivity contribution in [3.63, 3.8) is 0 Å². The Morgan fingerprint density at radius 2 is 0.917 bits per heavy atom. The molecule has 0 spiro atoms. The summed E-state index contributed by atoms with van der Waals surface area (Å²) < 4.78 is 0. The predicted octanol–water partition coefficient (Wildman–Crippen LogP) is 4.03. The Hall–Kier alpha value is 0.860. The molecule has 0 fully saturated rings. The Labute approximate surface area is 81.0 Å². The van der Waals surface area contributed by atoms with Crippen LogP contribution in [0.1, 0.15) is 25.7 Å². The molecule has 0 bridgehead atoms. The van der Waals surface area contributed by atoms with E-state index in [9.17, 15) is 0 Å². The molecule has 0 atom stereocenters. The van der Waals surface area contributed by atoms with Crippen molar-refractivity contribution in [2.45, 2.75) is 25.7 Å². The minimum atomic E-state index is 0.370. The highest BCUT2D eigenvalue weighted by molar-refractivity contribution is 7.56. The second-order valence-electron chi connectivity index (χ2n) is 4.02. The van der Waals surface area contributed by atoms with Gasteiger partial charge in [0.25, 0.3) is 0 Å². The van der Waals surface area contributed by atoms with E-state index in [4.69, 9.17) is 0 Å². The lowest BCUT2D eigenvalue weighted by Gasteiger charge is -2.06. The van der Waals surface area contributed by atoms with Crippen molar-refractivity contribution >= 4 is 15.8 Å². The fraction of sp³-hybridized carbons (Fsp3) is 1.00. The van der Waals surface area contributed by atoms with Gasteiger partial charge in [0.1, 0.15) is 0 Å². The minimum Gasteiger partial charge on any atom is -0.113 e. The summed E-state index contributed by atoms with van der Waals surface area (Å²) in [6, 6.07) is 0. The lowest BCUT2D eigenvalue weighted by atomic mass is 10.2. The number of hydrogen-bond donors (Lipinski definition) is 0. The monoisotopic (exact) mass is 206 g/mol. The summed E-state index contributed by atoms with van der Waals surface area (Å²) in [5.74, 6) is 0. The maximum atomic E-state index is 2.38. The SMILES string of the molecule is CP(C)CCCCCCP(C)C. The molecule has 0 N–H and O–H groups in total. The van der Waals surface area contributed by atoms with Gasteiger partial charge < -0.3 is 0 Å². The smallest absolute Gasteiger partial charge is 0.0331 e. The average Bonchev–Trinajstić information content (AvgIpc) is 1.95. The van der Waals surface area contributed by atoms with Crippen LogP contribution in [0, 0.1) is 0 Å². The summed E-state index contributed by atoms with van der Waals surface area (Å²) in [6.07, 6.45) is 8.88. The highest BCUT2D eigenvalue weighted by atomic mass is 31.1. The van der Waals surface area contributed by atoms with Gasteiger partial charge in [-0.25, -0.2) is 0 Å². The molecular weight excluding hydrogens is 182 g/mol. The first kappa shape index (κ1) is 12.9. The first-order valence-corrected chi connectivity index (χ1v) is 9.76. The normalized spacial score (nSPS) is 11.5. The Bertz CT molecular complexity index is 77.8. The van der Waals surface area contributed by atoms with E-state index in [-0.39, 0.29) is 0 Å². The molecule has 0 heterocycles. The van der Waals surface area contributed by atoms with Crippen molar-refractivity contribution in [3.8, 4) is 0 Å². The number of unbranched alkanes of at least 4 members (excludes halogenated alkanes) is 3. The van der Waals surface area contributed by atoms with Gasteiger partial charge in [-0.3, -0.25) is 0 Å². The molecular formula is C10H24P2. The molecule has 0 aromatic heterocycles. The Kier molecular flexibility index (Phi) is 9.06. The van der Waals surface area contributed by atoms with Crippen molar-refractivity contribution < 1.29 is 0 Å². The summed E-state index contributed by atoms with van der Waals surface area (Å²) in [6.45, 7) is 9.53. The Morgan fingerprint density at radius 1 is 0.583 bits per heavy atom. The summed E-state index contributed by atoms with van der Waals surface area (Å²) in [4.78, 5) is 0. The van der Waals surface area contributed by atoms with Gasteiger partial charge in [0.15, 0.2) is 0 Å². The van der Waals surface area contributed by atoms with Crippen molar-refractivity contribution in [2.24, 2.45) is 0 Å². The van der Waals surface area contributed by atoms with Gasteiger partial charge in [-0.05, 0) is 51.8 Å². The topological polar surface area (TPSA) is 0 Å². The predicted molar refractivity (Wildman–Crippen MR) is 65.7 cm³/mol. The molecule has 0 aliphatic carbocycles. The van der Waals surface area contributed by atoms with Crippen molar-refractivity contribution in [3.05, 3.63) is 0 Å². The van der Waals surface area contributed by atoms with E-state index in [0.717, 1.165) is 0 Å². The van der Waals surface area contributed by atoms with Crippen LogP contribution < -0.4 is 0 Å². The van der Waals surface area contributed by atoms with Gasteiger partial charge in [-0.2, -0.15) is 0 Å². The van der Waals surface area contributed by atoms with Crippen LogP contribution in [0.4, 0.5) is 0 Å². The average molecular weight is 206 g/mol. The van der Waals surface area contributed by atoms with Crippen LogP contribution in [0.3, 0.4) is 0 Å². The van der Waals surface area contributed by atoms with E-state index in [1.807, 2.05) is 0 Å². The molecule has 0 aromatic rings. The fourth-order valence-corrected chi connectivity index (χ4v) is 2.92. The van der Waals surface area contributed by atoms with Crippen LogP contribution in [-0.4, -0.2) is 39.0 Å². The molecule has 0 radical (unpaired) electrons.